The third kappa shape index (κ3) is 3.97. The topological polar surface area (TPSA) is 49.6 Å². The first-order valence-corrected chi connectivity index (χ1v) is 10.8. The summed E-state index contributed by atoms with van der Waals surface area (Å²) in [7, 11) is 0. The number of piperazine rings is 1. The molecule has 0 radical (unpaired) electrons. The molecule has 6 nitrogen and oxygen atoms in total. The summed E-state index contributed by atoms with van der Waals surface area (Å²) in [6.07, 6.45) is -2.92. The minimum atomic E-state index is -4.66. The number of fused-ring (bicyclic) bond motifs is 1. The van der Waals surface area contributed by atoms with Crippen molar-refractivity contribution in [1.82, 2.24) is 19.6 Å². The van der Waals surface area contributed by atoms with Gasteiger partial charge in [0.25, 0.3) is 0 Å². The van der Waals surface area contributed by atoms with E-state index in [2.05, 4.69) is 20.0 Å². The summed E-state index contributed by atoms with van der Waals surface area (Å²) >= 11 is 6.29. The number of hydrogen-bond donors (Lipinski definition) is 0. The number of alkyl halides is 3. The van der Waals surface area contributed by atoms with Gasteiger partial charge in [0.2, 0.25) is 0 Å². The Bertz CT molecular complexity index is 1300. The van der Waals surface area contributed by atoms with Gasteiger partial charge in [-0.25, -0.2) is 9.97 Å². The number of aromatic nitrogens is 4. The molecule has 1 aromatic carbocycles. The van der Waals surface area contributed by atoms with Crippen LogP contribution in [0.2, 0.25) is 5.02 Å². The van der Waals surface area contributed by atoms with E-state index in [1.54, 1.807) is 43.5 Å². The van der Waals surface area contributed by atoms with Gasteiger partial charge in [0.1, 0.15) is 11.6 Å². The molecule has 0 saturated carbocycles. The summed E-state index contributed by atoms with van der Waals surface area (Å²) in [6.45, 7) is 4.36. The zero-order valence-electron chi connectivity index (χ0n) is 17.7. The summed E-state index contributed by atoms with van der Waals surface area (Å²) in [4.78, 5) is 13.0. The van der Waals surface area contributed by atoms with Crippen LogP contribution in [-0.4, -0.2) is 45.8 Å². The van der Waals surface area contributed by atoms with Crippen LogP contribution in [0.15, 0.2) is 54.7 Å². The van der Waals surface area contributed by atoms with E-state index in [-0.39, 0.29) is 21.8 Å². The number of nitrogens with zero attached hydrogens (tertiary/aromatic N) is 6. The Morgan fingerprint density at radius 2 is 1.64 bits per heavy atom. The Hall–Kier alpha value is -3.33. The maximum absolute atomic E-state index is 14.0. The van der Waals surface area contributed by atoms with Crippen LogP contribution >= 0.6 is 11.6 Å². The second-order valence-corrected chi connectivity index (χ2v) is 8.26. The Kier molecular flexibility index (Phi) is 5.36. The SMILES string of the molecule is Cc1cc(N2CCN(c3ccccn3)CC2)n2nc(C(F)(F)F)c(-c3ccccc3Cl)c2n1. The van der Waals surface area contributed by atoms with Gasteiger partial charge in [-0.15, -0.1) is 0 Å². The molecule has 33 heavy (non-hydrogen) atoms. The zero-order chi connectivity index (χ0) is 23.2. The normalized spacial score (nSPS) is 14.8. The molecule has 0 unspecified atom stereocenters. The lowest BCUT2D eigenvalue weighted by atomic mass is 10.1. The van der Waals surface area contributed by atoms with Crippen molar-refractivity contribution in [3.05, 3.63) is 71.1 Å². The van der Waals surface area contributed by atoms with Crippen molar-refractivity contribution in [2.24, 2.45) is 0 Å². The van der Waals surface area contributed by atoms with Gasteiger partial charge >= 0.3 is 6.18 Å². The van der Waals surface area contributed by atoms with Gasteiger partial charge in [-0.1, -0.05) is 35.9 Å². The van der Waals surface area contributed by atoms with Crippen molar-refractivity contribution < 1.29 is 13.2 Å². The van der Waals surface area contributed by atoms with Crippen LogP contribution in [0.25, 0.3) is 16.8 Å². The summed E-state index contributed by atoms with van der Waals surface area (Å²) in [6, 6.07) is 14.0. The molecule has 5 rings (SSSR count). The molecule has 0 N–H and O–H groups in total. The van der Waals surface area contributed by atoms with Gasteiger partial charge in [0.15, 0.2) is 11.3 Å². The lowest BCUT2D eigenvalue weighted by molar-refractivity contribution is -0.140. The van der Waals surface area contributed by atoms with Crippen molar-refractivity contribution in [2.75, 3.05) is 36.0 Å². The van der Waals surface area contributed by atoms with Gasteiger partial charge < -0.3 is 9.80 Å². The van der Waals surface area contributed by atoms with Crippen LogP contribution in [0.4, 0.5) is 24.8 Å². The monoisotopic (exact) mass is 472 g/mol. The fraction of sp³-hybridized carbons (Fsp3) is 0.261. The van der Waals surface area contributed by atoms with Gasteiger partial charge in [-0.05, 0) is 25.1 Å². The number of halogens is 4. The minimum absolute atomic E-state index is 0.106. The summed E-state index contributed by atoms with van der Waals surface area (Å²) < 4.78 is 43.4. The number of anilines is 2. The Labute approximate surface area is 193 Å². The zero-order valence-corrected chi connectivity index (χ0v) is 18.5. The molecule has 0 aliphatic carbocycles. The molecule has 0 spiro atoms. The molecule has 10 heteroatoms. The van der Waals surface area contributed by atoms with Crippen molar-refractivity contribution in [3.8, 4) is 11.1 Å². The van der Waals surface area contributed by atoms with Gasteiger partial charge in [0, 0.05) is 54.7 Å². The van der Waals surface area contributed by atoms with Gasteiger partial charge in [-0.3, -0.25) is 0 Å². The second-order valence-electron chi connectivity index (χ2n) is 7.85. The highest BCUT2D eigenvalue weighted by Crippen LogP contribution is 2.41. The third-order valence-electron chi connectivity index (χ3n) is 5.69. The van der Waals surface area contributed by atoms with Gasteiger partial charge in [0.05, 0.1) is 5.56 Å². The maximum atomic E-state index is 14.0. The van der Waals surface area contributed by atoms with Crippen LogP contribution < -0.4 is 9.80 Å². The maximum Gasteiger partial charge on any atom is 0.435 e. The highest BCUT2D eigenvalue weighted by atomic mass is 35.5. The molecule has 0 atom stereocenters. The number of pyridine rings is 1. The fourth-order valence-electron chi connectivity index (χ4n) is 4.16. The van der Waals surface area contributed by atoms with Crippen molar-refractivity contribution in [2.45, 2.75) is 13.1 Å². The smallest absolute Gasteiger partial charge is 0.353 e. The van der Waals surface area contributed by atoms with Crippen LogP contribution in [0.1, 0.15) is 11.4 Å². The molecule has 1 fully saturated rings. The molecule has 1 aliphatic rings. The van der Waals surface area contributed by atoms with E-state index < -0.39 is 11.9 Å². The van der Waals surface area contributed by atoms with E-state index in [1.807, 2.05) is 23.1 Å². The molecule has 0 bridgehead atoms. The number of aryl methyl sites for hydroxylation is 1. The molecule has 4 heterocycles. The second kappa shape index (κ2) is 8.22. The highest BCUT2D eigenvalue weighted by molar-refractivity contribution is 6.33. The van der Waals surface area contributed by atoms with Crippen molar-refractivity contribution in [1.29, 1.82) is 0 Å². The van der Waals surface area contributed by atoms with Crippen LogP contribution in [0.5, 0.6) is 0 Å². The van der Waals surface area contributed by atoms with Crippen molar-refractivity contribution >= 4 is 28.9 Å². The lowest BCUT2D eigenvalue weighted by Crippen LogP contribution is -2.47. The molecule has 170 valence electrons. The van der Waals surface area contributed by atoms with Crippen LogP contribution in [-0.2, 0) is 6.18 Å². The number of benzene rings is 1. The van der Waals surface area contributed by atoms with Gasteiger partial charge in [-0.2, -0.15) is 22.8 Å². The molecule has 4 aromatic rings. The van der Waals surface area contributed by atoms with E-state index >= 15 is 0 Å². The molecule has 1 saturated heterocycles. The minimum Gasteiger partial charge on any atom is -0.353 e. The molecule has 3 aromatic heterocycles. The van der Waals surface area contributed by atoms with E-state index in [4.69, 9.17) is 11.6 Å². The predicted octanol–water partition coefficient (Wildman–Crippen LogP) is 5.10. The first-order valence-electron chi connectivity index (χ1n) is 10.5. The third-order valence-corrected chi connectivity index (χ3v) is 6.02. The first-order chi connectivity index (χ1) is 15.8. The fourth-order valence-corrected chi connectivity index (χ4v) is 4.39. The lowest BCUT2D eigenvalue weighted by Gasteiger charge is -2.36. The first kappa shape index (κ1) is 21.5. The van der Waals surface area contributed by atoms with E-state index in [9.17, 15) is 13.2 Å². The number of rotatable bonds is 3. The highest BCUT2D eigenvalue weighted by Gasteiger charge is 2.40. The molecule has 1 aliphatic heterocycles. The summed E-state index contributed by atoms with van der Waals surface area (Å²) in [5.74, 6) is 1.45. The average Bonchev–Trinajstić information content (AvgIpc) is 3.19. The van der Waals surface area contributed by atoms with E-state index in [0.717, 1.165) is 5.82 Å². The largest absolute Gasteiger partial charge is 0.435 e. The number of hydrogen-bond acceptors (Lipinski definition) is 5. The summed E-state index contributed by atoms with van der Waals surface area (Å²) in [5, 5.41) is 4.21. The van der Waals surface area contributed by atoms with E-state index in [0.29, 0.717) is 37.7 Å². The van der Waals surface area contributed by atoms with Crippen molar-refractivity contribution in [3.63, 3.8) is 0 Å². The Balaban J connectivity index is 1.60. The Morgan fingerprint density at radius 3 is 2.30 bits per heavy atom. The average molecular weight is 473 g/mol. The van der Waals surface area contributed by atoms with Crippen LogP contribution in [0, 0.1) is 6.92 Å². The molecular weight excluding hydrogens is 453 g/mol. The quantitative estimate of drug-likeness (QED) is 0.415. The predicted molar refractivity (Wildman–Crippen MR) is 122 cm³/mol. The molecular formula is C23H20ClF3N6. The van der Waals surface area contributed by atoms with Crippen LogP contribution in [0.3, 0.4) is 0 Å². The standard InChI is InChI=1S/C23H20ClF3N6/c1-15-14-19(32-12-10-31(11-13-32)18-8-4-5-9-28-18)33-22(29-15)20(21(30-33)23(25,26)27)16-6-2-3-7-17(16)24/h2-9,14H,10-13H2,1H3. The van der Waals surface area contributed by atoms with E-state index in [1.165, 1.54) is 4.52 Å². The molecule has 0 amide bonds. The summed E-state index contributed by atoms with van der Waals surface area (Å²) in [5.41, 5.74) is -0.109. The Morgan fingerprint density at radius 1 is 0.939 bits per heavy atom.